The zero-order valence-corrected chi connectivity index (χ0v) is 16.0. The van der Waals surface area contributed by atoms with Crippen LogP contribution in [-0.2, 0) is 4.79 Å². The molecule has 0 radical (unpaired) electrons. The van der Waals surface area contributed by atoms with Gasteiger partial charge in [0.25, 0.3) is 0 Å². The zero-order valence-electron chi connectivity index (χ0n) is 16.0. The van der Waals surface area contributed by atoms with Gasteiger partial charge in [-0.3, -0.25) is 4.79 Å². The number of hydrogen-bond acceptors (Lipinski definition) is 4. The molecule has 0 unspecified atom stereocenters. The first-order valence-corrected chi connectivity index (χ1v) is 9.28. The van der Waals surface area contributed by atoms with Gasteiger partial charge in [-0.1, -0.05) is 24.3 Å². The molecule has 1 aliphatic heterocycles. The number of para-hydroxylation sites is 1. The minimum atomic E-state index is -4.82. The van der Waals surface area contributed by atoms with E-state index in [1.807, 2.05) is 30.3 Å². The molecule has 10 heteroatoms. The largest absolute Gasteiger partial charge is 0.573 e. The lowest BCUT2D eigenvalue weighted by Crippen LogP contribution is -2.52. The number of alkyl halides is 3. The van der Waals surface area contributed by atoms with Crippen LogP contribution >= 0.6 is 0 Å². The van der Waals surface area contributed by atoms with Gasteiger partial charge in [-0.2, -0.15) is 0 Å². The average molecular weight is 422 g/mol. The van der Waals surface area contributed by atoms with Crippen molar-refractivity contribution in [3.63, 3.8) is 0 Å². The fourth-order valence-electron chi connectivity index (χ4n) is 3.05. The van der Waals surface area contributed by atoms with Gasteiger partial charge in [0.1, 0.15) is 5.75 Å². The van der Waals surface area contributed by atoms with E-state index in [1.165, 1.54) is 12.1 Å². The molecule has 1 heterocycles. The van der Waals surface area contributed by atoms with Crippen molar-refractivity contribution in [1.29, 1.82) is 0 Å². The molecule has 1 fully saturated rings. The summed E-state index contributed by atoms with van der Waals surface area (Å²) in [5.74, 6) is -1.00. The van der Waals surface area contributed by atoms with E-state index >= 15 is 0 Å². The lowest BCUT2D eigenvalue weighted by molar-refractivity contribution is -0.274. The van der Waals surface area contributed by atoms with Crippen LogP contribution in [0.1, 0.15) is 0 Å². The fraction of sp³-hybridized carbons (Fsp3) is 0.300. The predicted octanol–water partition coefficient (Wildman–Crippen LogP) is 3.06. The molecule has 0 aromatic heterocycles. The Morgan fingerprint density at radius 2 is 1.67 bits per heavy atom. The van der Waals surface area contributed by atoms with E-state index < -0.39 is 18.0 Å². The number of rotatable bonds is 5. The molecule has 160 valence electrons. The van der Waals surface area contributed by atoms with Gasteiger partial charge in [0, 0.05) is 43.6 Å². The van der Waals surface area contributed by atoms with E-state index in [-0.39, 0.29) is 18.3 Å². The average Bonchev–Trinajstić information content (AvgIpc) is 2.72. The van der Waals surface area contributed by atoms with Crippen LogP contribution in [-0.4, -0.2) is 55.9 Å². The number of piperazine rings is 1. The molecule has 0 atom stereocenters. The molecule has 0 aliphatic carbocycles. The first-order valence-electron chi connectivity index (χ1n) is 9.28. The van der Waals surface area contributed by atoms with Crippen molar-refractivity contribution in [2.75, 3.05) is 42.9 Å². The second-order valence-electron chi connectivity index (χ2n) is 6.59. The molecule has 0 bridgehead atoms. The Balaban J connectivity index is 1.43. The first kappa shape index (κ1) is 21.3. The Morgan fingerprint density at radius 1 is 0.967 bits per heavy atom. The predicted molar refractivity (Wildman–Crippen MR) is 105 cm³/mol. The molecule has 1 saturated heterocycles. The summed E-state index contributed by atoms with van der Waals surface area (Å²) in [6, 6.07) is 14.4. The lowest BCUT2D eigenvalue weighted by atomic mass is 10.2. The highest BCUT2D eigenvalue weighted by Crippen LogP contribution is 2.25. The SMILES string of the molecule is O=C(CNC(=O)N1CCN(c2ccccc2)CC1)Nc1cccc(OC(F)(F)F)c1. The van der Waals surface area contributed by atoms with Gasteiger partial charge < -0.3 is 25.2 Å². The topological polar surface area (TPSA) is 73.9 Å². The molecular formula is C20H21F3N4O3. The lowest BCUT2D eigenvalue weighted by Gasteiger charge is -2.36. The van der Waals surface area contributed by atoms with Crippen molar-refractivity contribution in [1.82, 2.24) is 10.2 Å². The van der Waals surface area contributed by atoms with Crippen LogP contribution in [0.2, 0.25) is 0 Å². The zero-order chi connectivity index (χ0) is 21.6. The van der Waals surface area contributed by atoms with Gasteiger partial charge in [0.2, 0.25) is 5.91 Å². The molecule has 1 aliphatic rings. The highest BCUT2D eigenvalue weighted by atomic mass is 19.4. The van der Waals surface area contributed by atoms with Gasteiger partial charge >= 0.3 is 12.4 Å². The van der Waals surface area contributed by atoms with Crippen LogP contribution in [0.3, 0.4) is 0 Å². The van der Waals surface area contributed by atoms with E-state index in [2.05, 4.69) is 20.3 Å². The Hall–Kier alpha value is -3.43. The van der Waals surface area contributed by atoms with Crippen LogP contribution in [0, 0.1) is 0 Å². The van der Waals surface area contributed by atoms with Crippen LogP contribution in [0.15, 0.2) is 54.6 Å². The van der Waals surface area contributed by atoms with Crippen molar-refractivity contribution < 1.29 is 27.5 Å². The van der Waals surface area contributed by atoms with Gasteiger partial charge in [-0.15, -0.1) is 13.2 Å². The van der Waals surface area contributed by atoms with Crippen LogP contribution < -0.4 is 20.3 Å². The van der Waals surface area contributed by atoms with Crippen molar-refractivity contribution in [2.24, 2.45) is 0 Å². The summed E-state index contributed by atoms with van der Waals surface area (Å²) in [5, 5.41) is 4.95. The summed E-state index contributed by atoms with van der Waals surface area (Å²) < 4.78 is 40.6. The fourth-order valence-corrected chi connectivity index (χ4v) is 3.05. The Kier molecular flexibility index (Phi) is 6.65. The molecule has 0 saturated carbocycles. The molecule has 3 amide bonds. The Labute approximate surface area is 171 Å². The highest BCUT2D eigenvalue weighted by Gasteiger charge is 2.31. The highest BCUT2D eigenvalue weighted by molar-refractivity contribution is 5.94. The van der Waals surface area contributed by atoms with Crippen LogP contribution in [0.4, 0.5) is 29.3 Å². The maximum Gasteiger partial charge on any atom is 0.573 e. The number of carbonyl (C=O) groups excluding carboxylic acids is 2. The summed E-state index contributed by atoms with van der Waals surface area (Å²) in [5.41, 5.74) is 1.22. The number of nitrogens with zero attached hydrogens (tertiary/aromatic N) is 2. The number of ether oxygens (including phenoxy) is 1. The number of anilines is 2. The van der Waals surface area contributed by atoms with Gasteiger partial charge in [0.05, 0.1) is 6.54 Å². The van der Waals surface area contributed by atoms with Crippen molar-refractivity contribution in [3.8, 4) is 5.75 Å². The molecule has 0 spiro atoms. The second-order valence-corrected chi connectivity index (χ2v) is 6.59. The summed E-state index contributed by atoms with van der Waals surface area (Å²) in [4.78, 5) is 28.1. The van der Waals surface area contributed by atoms with Crippen molar-refractivity contribution >= 4 is 23.3 Å². The Bertz CT molecular complexity index is 869. The summed E-state index contributed by atoms with van der Waals surface area (Å²) in [6.45, 7) is 2.08. The van der Waals surface area contributed by atoms with Crippen LogP contribution in [0.25, 0.3) is 0 Å². The number of hydrogen-bond donors (Lipinski definition) is 2. The molecule has 2 N–H and O–H groups in total. The normalized spacial score (nSPS) is 14.2. The standard InChI is InChI=1S/C20H21F3N4O3/c21-20(22,23)30-17-8-4-5-15(13-17)25-18(28)14-24-19(29)27-11-9-26(10-12-27)16-6-2-1-3-7-16/h1-8,13H,9-12,14H2,(H,24,29)(H,25,28). The second kappa shape index (κ2) is 9.38. The van der Waals surface area contributed by atoms with Gasteiger partial charge in [-0.05, 0) is 24.3 Å². The maximum atomic E-state index is 12.3. The van der Waals surface area contributed by atoms with Gasteiger partial charge in [-0.25, -0.2) is 4.79 Å². The number of benzene rings is 2. The maximum absolute atomic E-state index is 12.3. The van der Waals surface area contributed by atoms with Crippen LogP contribution in [0.5, 0.6) is 5.75 Å². The summed E-state index contributed by atoms with van der Waals surface area (Å²) >= 11 is 0. The Morgan fingerprint density at radius 3 is 2.33 bits per heavy atom. The van der Waals surface area contributed by atoms with Crippen molar-refractivity contribution in [3.05, 3.63) is 54.6 Å². The molecule has 2 aromatic carbocycles. The first-order chi connectivity index (χ1) is 14.3. The number of carbonyl (C=O) groups is 2. The molecule has 30 heavy (non-hydrogen) atoms. The third-order valence-corrected chi connectivity index (χ3v) is 4.44. The van der Waals surface area contributed by atoms with E-state index in [4.69, 9.17) is 0 Å². The third kappa shape index (κ3) is 6.29. The number of halogens is 3. The van der Waals surface area contributed by atoms with Crippen molar-refractivity contribution in [2.45, 2.75) is 6.36 Å². The molecule has 7 nitrogen and oxygen atoms in total. The molecule has 2 aromatic rings. The summed E-state index contributed by atoms with van der Waals surface area (Å²) in [7, 11) is 0. The number of nitrogens with one attached hydrogen (secondary N) is 2. The quantitative estimate of drug-likeness (QED) is 0.777. The van der Waals surface area contributed by atoms with Gasteiger partial charge in [0.15, 0.2) is 0 Å². The summed E-state index contributed by atoms with van der Waals surface area (Å²) in [6.07, 6.45) is -4.82. The van der Waals surface area contributed by atoms with E-state index in [9.17, 15) is 22.8 Å². The minimum absolute atomic E-state index is 0.132. The molecule has 3 rings (SSSR count). The molecular weight excluding hydrogens is 401 g/mol. The number of amides is 3. The van der Waals surface area contributed by atoms with E-state index in [1.54, 1.807) is 4.90 Å². The number of urea groups is 1. The minimum Gasteiger partial charge on any atom is -0.406 e. The monoisotopic (exact) mass is 422 g/mol. The smallest absolute Gasteiger partial charge is 0.406 e. The third-order valence-electron chi connectivity index (χ3n) is 4.44. The van der Waals surface area contributed by atoms with E-state index in [0.29, 0.717) is 26.2 Å². The van der Waals surface area contributed by atoms with E-state index in [0.717, 1.165) is 17.8 Å².